The number of nitrogens with zero attached hydrogens (tertiary/aromatic N) is 3. The van der Waals surface area contributed by atoms with Crippen molar-refractivity contribution >= 4 is 10.8 Å². The summed E-state index contributed by atoms with van der Waals surface area (Å²) in [5, 5.41) is 5.75. The van der Waals surface area contributed by atoms with Crippen LogP contribution < -0.4 is 5.32 Å². The van der Waals surface area contributed by atoms with Crippen LogP contribution in [0.15, 0.2) is 49.1 Å². The number of benzene rings is 1. The van der Waals surface area contributed by atoms with Crippen molar-refractivity contribution in [2.75, 3.05) is 0 Å². The lowest BCUT2D eigenvalue weighted by Crippen LogP contribution is -2.22. The van der Waals surface area contributed by atoms with Gasteiger partial charge in [0, 0.05) is 30.4 Å². The van der Waals surface area contributed by atoms with Gasteiger partial charge in [0.05, 0.1) is 5.69 Å². The molecule has 0 aliphatic carbocycles. The molecule has 0 atom stereocenters. The number of rotatable bonds is 4. The minimum atomic E-state index is 0.444. The Morgan fingerprint density at radius 1 is 1.25 bits per heavy atom. The molecular formula is C16H18N4. The van der Waals surface area contributed by atoms with Gasteiger partial charge < -0.3 is 5.32 Å². The van der Waals surface area contributed by atoms with E-state index in [1.807, 2.05) is 16.8 Å². The van der Waals surface area contributed by atoms with Crippen molar-refractivity contribution in [2.24, 2.45) is 0 Å². The fraction of sp³-hybridized carbons (Fsp3) is 0.250. The molecule has 0 spiro atoms. The van der Waals surface area contributed by atoms with Crippen LogP contribution >= 0.6 is 0 Å². The molecule has 1 N–H and O–H groups in total. The first-order valence-corrected chi connectivity index (χ1v) is 6.84. The molecule has 0 saturated heterocycles. The zero-order valence-corrected chi connectivity index (χ0v) is 11.7. The lowest BCUT2D eigenvalue weighted by atomic mass is 10.1. The van der Waals surface area contributed by atoms with E-state index in [1.54, 1.807) is 12.5 Å². The molecule has 4 nitrogen and oxygen atoms in total. The maximum Gasteiger partial charge on any atom is 0.146 e. The number of aromatic nitrogens is 3. The van der Waals surface area contributed by atoms with E-state index in [-0.39, 0.29) is 0 Å². The Balaban J connectivity index is 2.10. The van der Waals surface area contributed by atoms with E-state index < -0.39 is 0 Å². The molecule has 3 aromatic rings. The average Bonchev–Trinajstić information content (AvgIpc) is 2.98. The maximum absolute atomic E-state index is 4.78. The molecule has 20 heavy (non-hydrogen) atoms. The number of pyridine rings is 1. The SMILES string of the molecule is CC(C)NCc1cc2ccccc2c(-n2ccnc2)n1. The number of imidazole rings is 1. The van der Waals surface area contributed by atoms with Crippen LogP contribution in [0.1, 0.15) is 19.5 Å². The normalized spacial score (nSPS) is 11.3. The quantitative estimate of drug-likeness (QED) is 0.789. The summed E-state index contributed by atoms with van der Waals surface area (Å²) in [5.41, 5.74) is 1.04. The van der Waals surface area contributed by atoms with Gasteiger partial charge in [0.2, 0.25) is 0 Å². The van der Waals surface area contributed by atoms with Crippen LogP contribution in [0.5, 0.6) is 0 Å². The van der Waals surface area contributed by atoms with Crippen molar-refractivity contribution in [1.29, 1.82) is 0 Å². The van der Waals surface area contributed by atoms with E-state index in [0.29, 0.717) is 6.04 Å². The molecule has 3 rings (SSSR count). The van der Waals surface area contributed by atoms with Gasteiger partial charge in [0.1, 0.15) is 12.1 Å². The van der Waals surface area contributed by atoms with Crippen LogP contribution in [0, 0.1) is 0 Å². The molecule has 0 aliphatic rings. The van der Waals surface area contributed by atoms with Gasteiger partial charge in [-0.05, 0) is 11.5 Å². The summed E-state index contributed by atoms with van der Waals surface area (Å²) in [4.78, 5) is 8.89. The highest BCUT2D eigenvalue weighted by atomic mass is 15.1. The van der Waals surface area contributed by atoms with E-state index in [0.717, 1.165) is 23.4 Å². The number of nitrogens with one attached hydrogen (secondary N) is 1. The van der Waals surface area contributed by atoms with E-state index in [4.69, 9.17) is 4.98 Å². The highest BCUT2D eigenvalue weighted by Crippen LogP contribution is 2.21. The van der Waals surface area contributed by atoms with Gasteiger partial charge in [-0.25, -0.2) is 9.97 Å². The van der Waals surface area contributed by atoms with Gasteiger partial charge in [-0.15, -0.1) is 0 Å². The molecule has 0 aliphatic heterocycles. The summed E-state index contributed by atoms with van der Waals surface area (Å²) in [6, 6.07) is 10.9. The van der Waals surface area contributed by atoms with Gasteiger partial charge in [-0.2, -0.15) is 0 Å². The monoisotopic (exact) mass is 266 g/mol. The van der Waals surface area contributed by atoms with Gasteiger partial charge in [-0.3, -0.25) is 4.57 Å². The topological polar surface area (TPSA) is 42.7 Å². The average molecular weight is 266 g/mol. The molecule has 2 aromatic heterocycles. The molecule has 4 heteroatoms. The van der Waals surface area contributed by atoms with Crippen LogP contribution in [0.25, 0.3) is 16.6 Å². The van der Waals surface area contributed by atoms with Crippen LogP contribution in [-0.4, -0.2) is 20.6 Å². The van der Waals surface area contributed by atoms with Gasteiger partial charge in [0.15, 0.2) is 0 Å². The predicted octanol–water partition coefficient (Wildman–Crippen LogP) is 2.92. The van der Waals surface area contributed by atoms with Crippen LogP contribution in [-0.2, 0) is 6.54 Å². The molecule has 0 amide bonds. The molecule has 1 aromatic carbocycles. The molecule has 102 valence electrons. The third kappa shape index (κ3) is 2.56. The highest BCUT2D eigenvalue weighted by molar-refractivity contribution is 5.88. The Bertz CT molecular complexity index is 702. The Hall–Kier alpha value is -2.20. The number of hydrogen-bond donors (Lipinski definition) is 1. The second kappa shape index (κ2) is 5.43. The minimum absolute atomic E-state index is 0.444. The van der Waals surface area contributed by atoms with Crippen molar-refractivity contribution < 1.29 is 0 Å². The number of fused-ring (bicyclic) bond motifs is 1. The number of hydrogen-bond acceptors (Lipinski definition) is 3. The lowest BCUT2D eigenvalue weighted by molar-refractivity contribution is 0.581. The lowest BCUT2D eigenvalue weighted by Gasteiger charge is -2.12. The van der Waals surface area contributed by atoms with Gasteiger partial charge in [0.25, 0.3) is 0 Å². The van der Waals surface area contributed by atoms with Gasteiger partial charge >= 0.3 is 0 Å². The van der Waals surface area contributed by atoms with E-state index in [1.165, 1.54) is 5.39 Å². The van der Waals surface area contributed by atoms with Crippen LogP contribution in [0.3, 0.4) is 0 Å². The standard InChI is InChI=1S/C16H18N4/c1-12(2)18-10-14-9-13-5-3-4-6-15(13)16(19-14)20-8-7-17-11-20/h3-9,11-12,18H,10H2,1-2H3. The van der Waals surface area contributed by atoms with Crippen LogP contribution in [0.4, 0.5) is 0 Å². The smallest absolute Gasteiger partial charge is 0.146 e. The second-order valence-electron chi connectivity index (χ2n) is 5.16. The molecular weight excluding hydrogens is 248 g/mol. The van der Waals surface area contributed by atoms with Crippen molar-refractivity contribution in [3.05, 3.63) is 54.7 Å². The fourth-order valence-electron chi connectivity index (χ4n) is 2.22. The Kier molecular flexibility index (Phi) is 3.48. The minimum Gasteiger partial charge on any atom is -0.309 e. The predicted molar refractivity (Wildman–Crippen MR) is 80.8 cm³/mol. The third-order valence-electron chi connectivity index (χ3n) is 3.21. The Morgan fingerprint density at radius 2 is 2.10 bits per heavy atom. The highest BCUT2D eigenvalue weighted by Gasteiger charge is 2.07. The summed E-state index contributed by atoms with van der Waals surface area (Å²) < 4.78 is 1.96. The third-order valence-corrected chi connectivity index (χ3v) is 3.21. The second-order valence-corrected chi connectivity index (χ2v) is 5.16. The molecule has 0 bridgehead atoms. The first-order chi connectivity index (χ1) is 9.74. The zero-order chi connectivity index (χ0) is 13.9. The summed E-state index contributed by atoms with van der Waals surface area (Å²) in [5.74, 6) is 0.932. The van der Waals surface area contributed by atoms with E-state index >= 15 is 0 Å². The Labute approximate surface area is 118 Å². The van der Waals surface area contributed by atoms with E-state index in [2.05, 4.69) is 48.4 Å². The molecule has 2 heterocycles. The molecule has 0 saturated carbocycles. The maximum atomic E-state index is 4.78. The first-order valence-electron chi connectivity index (χ1n) is 6.84. The van der Waals surface area contributed by atoms with Crippen molar-refractivity contribution in [2.45, 2.75) is 26.4 Å². The van der Waals surface area contributed by atoms with Crippen molar-refractivity contribution in [3.8, 4) is 5.82 Å². The molecule has 0 fully saturated rings. The summed E-state index contributed by atoms with van der Waals surface area (Å²) in [6.07, 6.45) is 5.48. The zero-order valence-electron chi connectivity index (χ0n) is 11.7. The van der Waals surface area contributed by atoms with Gasteiger partial charge in [-0.1, -0.05) is 38.1 Å². The van der Waals surface area contributed by atoms with Crippen molar-refractivity contribution in [1.82, 2.24) is 19.9 Å². The van der Waals surface area contributed by atoms with E-state index in [9.17, 15) is 0 Å². The summed E-state index contributed by atoms with van der Waals surface area (Å²) in [6.45, 7) is 5.04. The van der Waals surface area contributed by atoms with Crippen molar-refractivity contribution in [3.63, 3.8) is 0 Å². The molecule has 0 radical (unpaired) electrons. The van der Waals surface area contributed by atoms with Crippen LogP contribution in [0.2, 0.25) is 0 Å². The summed E-state index contributed by atoms with van der Waals surface area (Å²) in [7, 11) is 0. The summed E-state index contributed by atoms with van der Waals surface area (Å²) >= 11 is 0. The first kappa shape index (κ1) is 12.8. The molecule has 0 unspecified atom stereocenters. The largest absolute Gasteiger partial charge is 0.309 e. The Morgan fingerprint density at radius 3 is 2.85 bits per heavy atom. The fourth-order valence-corrected chi connectivity index (χ4v) is 2.22.